The van der Waals surface area contributed by atoms with E-state index in [-0.39, 0.29) is 11.3 Å². The topological polar surface area (TPSA) is 53.1 Å². The number of ether oxygens (including phenoxy) is 1. The van der Waals surface area contributed by atoms with Crippen LogP contribution < -0.4 is 10.5 Å². The molecule has 0 amide bonds. The molecule has 0 radical (unpaired) electrons. The normalized spacial score (nSPS) is 11.7. The number of aryl methyl sites for hydroxylation is 1. The number of hydrogen-bond acceptors (Lipinski definition) is 3. The molecule has 8 heteroatoms. The number of nitrogens with two attached hydrogens (primary N) is 1. The highest BCUT2D eigenvalue weighted by Crippen LogP contribution is 2.27. The zero-order chi connectivity index (χ0) is 16.2. The van der Waals surface area contributed by atoms with Gasteiger partial charge in [0.1, 0.15) is 11.6 Å². The highest BCUT2D eigenvalue weighted by atomic mass is 19.4. The Morgan fingerprint density at radius 1 is 1.27 bits per heavy atom. The summed E-state index contributed by atoms with van der Waals surface area (Å²) in [6.07, 6.45) is -0.567. The Kier molecular flexibility index (Phi) is 5.02. The van der Waals surface area contributed by atoms with Gasteiger partial charge in [0.2, 0.25) is 0 Å². The highest BCUT2D eigenvalue weighted by molar-refractivity contribution is 5.63. The van der Waals surface area contributed by atoms with E-state index < -0.39 is 18.6 Å². The average Bonchev–Trinajstić information content (AvgIpc) is 2.91. The molecule has 22 heavy (non-hydrogen) atoms. The third-order valence-electron chi connectivity index (χ3n) is 2.88. The molecular weight excluding hydrogens is 302 g/mol. The van der Waals surface area contributed by atoms with Gasteiger partial charge in [-0.1, -0.05) is 0 Å². The zero-order valence-corrected chi connectivity index (χ0v) is 11.6. The Morgan fingerprint density at radius 2 is 2.05 bits per heavy atom. The molecule has 0 spiro atoms. The molecule has 2 rings (SSSR count). The van der Waals surface area contributed by atoms with Gasteiger partial charge < -0.3 is 10.5 Å². The van der Waals surface area contributed by atoms with Crippen LogP contribution in [-0.2, 0) is 6.54 Å². The highest BCUT2D eigenvalue weighted by Gasteiger charge is 2.28. The molecule has 0 aliphatic heterocycles. The maximum Gasteiger partial charge on any atom is 0.422 e. The van der Waals surface area contributed by atoms with Gasteiger partial charge in [0, 0.05) is 29.9 Å². The molecule has 0 aliphatic rings. The van der Waals surface area contributed by atoms with E-state index in [1.54, 1.807) is 10.9 Å². The SMILES string of the molecule is NCCCn1cc(-c2ccc(OCC(F)(F)F)cc2F)cn1. The van der Waals surface area contributed by atoms with Crippen molar-refractivity contribution >= 4 is 0 Å². The van der Waals surface area contributed by atoms with Crippen molar-refractivity contribution in [3.8, 4) is 16.9 Å². The van der Waals surface area contributed by atoms with Crippen molar-refractivity contribution < 1.29 is 22.3 Å². The first-order chi connectivity index (χ1) is 10.4. The summed E-state index contributed by atoms with van der Waals surface area (Å²) >= 11 is 0. The van der Waals surface area contributed by atoms with Crippen molar-refractivity contribution in [2.75, 3.05) is 13.2 Å². The molecular formula is C14H15F4N3O. The predicted octanol–water partition coefficient (Wildman–Crippen LogP) is 2.98. The van der Waals surface area contributed by atoms with Gasteiger partial charge in [-0.15, -0.1) is 0 Å². The number of aromatic nitrogens is 2. The maximum atomic E-state index is 14.0. The van der Waals surface area contributed by atoms with Crippen LogP contribution in [0.4, 0.5) is 17.6 Å². The first-order valence-electron chi connectivity index (χ1n) is 6.61. The maximum absolute atomic E-state index is 14.0. The minimum absolute atomic E-state index is 0.172. The number of rotatable bonds is 6. The standard InChI is InChI=1S/C14H15F4N3O/c15-13-6-11(22-9-14(16,17)18)2-3-12(13)10-7-20-21(8-10)5-1-4-19/h2-3,6-8H,1,4-5,9,19H2. The summed E-state index contributed by atoms with van der Waals surface area (Å²) in [4.78, 5) is 0. The van der Waals surface area contributed by atoms with Crippen LogP contribution in [0.1, 0.15) is 6.42 Å². The Labute approximate surface area is 124 Å². The van der Waals surface area contributed by atoms with Crippen LogP contribution in [0, 0.1) is 5.82 Å². The summed E-state index contributed by atoms with van der Waals surface area (Å²) in [5.41, 5.74) is 6.19. The Morgan fingerprint density at radius 3 is 2.68 bits per heavy atom. The van der Waals surface area contributed by atoms with E-state index in [0.29, 0.717) is 18.7 Å². The molecule has 0 unspecified atom stereocenters. The van der Waals surface area contributed by atoms with Crippen LogP contribution in [0.2, 0.25) is 0 Å². The largest absolute Gasteiger partial charge is 0.484 e. The molecule has 4 nitrogen and oxygen atoms in total. The monoisotopic (exact) mass is 317 g/mol. The molecule has 0 fully saturated rings. The molecule has 1 aromatic heterocycles. The molecule has 120 valence electrons. The molecule has 0 saturated carbocycles. The minimum Gasteiger partial charge on any atom is -0.484 e. The summed E-state index contributed by atoms with van der Waals surface area (Å²) < 4.78 is 56.3. The van der Waals surface area contributed by atoms with Gasteiger partial charge in [0.05, 0.1) is 6.20 Å². The summed E-state index contributed by atoms with van der Waals surface area (Å²) in [5.74, 6) is -0.841. The van der Waals surface area contributed by atoms with E-state index in [4.69, 9.17) is 5.73 Å². The molecule has 1 aromatic carbocycles. The van der Waals surface area contributed by atoms with Gasteiger partial charge in [-0.3, -0.25) is 4.68 Å². The summed E-state index contributed by atoms with van der Waals surface area (Å²) in [6.45, 7) is -0.317. The van der Waals surface area contributed by atoms with Gasteiger partial charge >= 0.3 is 6.18 Å². The van der Waals surface area contributed by atoms with Crippen molar-refractivity contribution in [2.45, 2.75) is 19.1 Å². The predicted molar refractivity (Wildman–Crippen MR) is 72.8 cm³/mol. The zero-order valence-electron chi connectivity index (χ0n) is 11.6. The second-order valence-corrected chi connectivity index (χ2v) is 4.68. The van der Waals surface area contributed by atoms with Crippen molar-refractivity contribution in [1.29, 1.82) is 0 Å². The van der Waals surface area contributed by atoms with E-state index in [0.717, 1.165) is 12.5 Å². The quantitative estimate of drug-likeness (QED) is 0.833. The van der Waals surface area contributed by atoms with Crippen LogP contribution in [0.5, 0.6) is 5.75 Å². The van der Waals surface area contributed by atoms with Crippen LogP contribution >= 0.6 is 0 Å². The van der Waals surface area contributed by atoms with E-state index in [1.807, 2.05) is 0 Å². The number of benzene rings is 1. The van der Waals surface area contributed by atoms with Crippen LogP contribution in [0.15, 0.2) is 30.6 Å². The van der Waals surface area contributed by atoms with E-state index >= 15 is 0 Å². The lowest BCUT2D eigenvalue weighted by Crippen LogP contribution is -2.19. The third kappa shape index (κ3) is 4.45. The van der Waals surface area contributed by atoms with Crippen molar-refractivity contribution in [1.82, 2.24) is 9.78 Å². The first-order valence-corrected chi connectivity index (χ1v) is 6.61. The molecule has 2 N–H and O–H groups in total. The molecule has 0 saturated heterocycles. The fourth-order valence-electron chi connectivity index (χ4n) is 1.86. The second kappa shape index (κ2) is 6.78. The minimum atomic E-state index is -4.46. The smallest absolute Gasteiger partial charge is 0.422 e. The van der Waals surface area contributed by atoms with Crippen molar-refractivity contribution in [3.05, 3.63) is 36.4 Å². The summed E-state index contributed by atoms with van der Waals surface area (Å²) in [7, 11) is 0. The molecule has 0 aliphatic carbocycles. The Balaban J connectivity index is 2.10. The number of halogens is 4. The number of nitrogens with zero attached hydrogens (tertiary/aromatic N) is 2. The number of hydrogen-bond donors (Lipinski definition) is 1. The summed E-state index contributed by atoms with van der Waals surface area (Å²) in [5, 5.41) is 4.08. The van der Waals surface area contributed by atoms with Gasteiger partial charge in [-0.05, 0) is 25.1 Å². The lowest BCUT2D eigenvalue weighted by atomic mass is 10.1. The van der Waals surface area contributed by atoms with Gasteiger partial charge in [-0.2, -0.15) is 18.3 Å². The Bertz CT molecular complexity index is 625. The fraction of sp³-hybridized carbons (Fsp3) is 0.357. The van der Waals surface area contributed by atoms with Gasteiger partial charge in [0.25, 0.3) is 0 Å². The third-order valence-corrected chi connectivity index (χ3v) is 2.88. The number of alkyl halides is 3. The van der Waals surface area contributed by atoms with Crippen molar-refractivity contribution in [3.63, 3.8) is 0 Å². The van der Waals surface area contributed by atoms with Crippen LogP contribution in [0.3, 0.4) is 0 Å². The van der Waals surface area contributed by atoms with E-state index in [1.165, 1.54) is 18.3 Å². The van der Waals surface area contributed by atoms with Gasteiger partial charge in [-0.25, -0.2) is 4.39 Å². The van der Waals surface area contributed by atoms with Gasteiger partial charge in [0.15, 0.2) is 6.61 Å². The molecule has 1 heterocycles. The average molecular weight is 317 g/mol. The van der Waals surface area contributed by atoms with Crippen LogP contribution in [0.25, 0.3) is 11.1 Å². The van der Waals surface area contributed by atoms with Crippen LogP contribution in [-0.4, -0.2) is 29.1 Å². The lowest BCUT2D eigenvalue weighted by Gasteiger charge is -2.10. The summed E-state index contributed by atoms with van der Waals surface area (Å²) in [6, 6.07) is 3.59. The molecule has 2 aromatic rings. The van der Waals surface area contributed by atoms with E-state index in [9.17, 15) is 17.6 Å². The first kappa shape index (κ1) is 16.3. The molecule has 0 atom stereocenters. The van der Waals surface area contributed by atoms with Crippen molar-refractivity contribution in [2.24, 2.45) is 5.73 Å². The Hall–Kier alpha value is -2.09. The lowest BCUT2D eigenvalue weighted by molar-refractivity contribution is -0.153. The second-order valence-electron chi connectivity index (χ2n) is 4.68. The van der Waals surface area contributed by atoms with E-state index in [2.05, 4.69) is 9.84 Å². The fourth-order valence-corrected chi connectivity index (χ4v) is 1.86. The molecule has 0 bridgehead atoms.